The molecule has 5 heteroatoms. The predicted octanol–water partition coefficient (Wildman–Crippen LogP) is 0.914. The summed E-state index contributed by atoms with van der Waals surface area (Å²) in [4.78, 5) is 2.31. The molecular formula is C15H22N2O3. The van der Waals surface area contributed by atoms with Gasteiger partial charge in [0.25, 0.3) is 0 Å². The Morgan fingerprint density at radius 1 is 1.15 bits per heavy atom. The average Bonchev–Trinajstić information content (AvgIpc) is 2.99. The zero-order valence-electron chi connectivity index (χ0n) is 11.6. The number of benzene rings is 1. The number of aliphatic hydroxyl groups is 1. The van der Waals surface area contributed by atoms with Crippen LogP contribution in [0.5, 0.6) is 11.5 Å². The molecule has 0 unspecified atom stereocenters. The summed E-state index contributed by atoms with van der Waals surface area (Å²) in [6.07, 6.45) is 1.78. The molecule has 0 spiro atoms. The van der Waals surface area contributed by atoms with Crippen LogP contribution in [0, 0.1) is 0 Å². The summed E-state index contributed by atoms with van der Waals surface area (Å²) in [5.41, 5.74) is 6.93. The van der Waals surface area contributed by atoms with Crippen LogP contribution in [0.3, 0.4) is 0 Å². The fourth-order valence-corrected chi connectivity index (χ4v) is 2.85. The fraction of sp³-hybridized carbons (Fsp3) is 0.600. The third-order valence-electron chi connectivity index (χ3n) is 3.98. The molecule has 5 nitrogen and oxygen atoms in total. The van der Waals surface area contributed by atoms with Gasteiger partial charge in [-0.1, -0.05) is 6.07 Å². The van der Waals surface area contributed by atoms with Crippen LogP contribution < -0.4 is 15.2 Å². The number of nitrogens with zero attached hydrogens (tertiary/aromatic N) is 1. The van der Waals surface area contributed by atoms with E-state index in [9.17, 15) is 5.11 Å². The van der Waals surface area contributed by atoms with Gasteiger partial charge in [0.05, 0.1) is 6.10 Å². The zero-order valence-corrected chi connectivity index (χ0v) is 11.6. The fourth-order valence-electron chi connectivity index (χ4n) is 2.85. The molecule has 1 aromatic carbocycles. The SMILES string of the molecule is N[C@@H](CN1CCCC1)[C@@H](O)c1ccc2c(c1)OCCO2. The van der Waals surface area contributed by atoms with E-state index in [-0.39, 0.29) is 6.04 Å². The van der Waals surface area contributed by atoms with Crippen molar-refractivity contribution in [3.05, 3.63) is 23.8 Å². The van der Waals surface area contributed by atoms with E-state index in [1.807, 2.05) is 18.2 Å². The minimum absolute atomic E-state index is 0.282. The topological polar surface area (TPSA) is 68.0 Å². The highest BCUT2D eigenvalue weighted by atomic mass is 16.6. The second-order valence-electron chi connectivity index (χ2n) is 5.52. The van der Waals surface area contributed by atoms with Crippen LogP contribution in [0.2, 0.25) is 0 Å². The maximum absolute atomic E-state index is 10.4. The van der Waals surface area contributed by atoms with Crippen molar-refractivity contribution in [1.29, 1.82) is 0 Å². The molecule has 3 N–H and O–H groups in total. The second-order valence-corrected chi connectivity index (χ2v) is 5.52. The number of rotatable bonds is 4. The Bertz CT molecular complexity index is 460. The van der Waals surface area contributed by atoms with E-state index in [0.717, 1.165) is 30.9 Å². The molecule has 2 aliphatic heterocycles. The first-order chi connectivity index (χ1) is 9.74. The van der Waals surface area contributed by atoms with E-state index in [4.69, 9.17) is 15.2 Å². The molecule has 2 aliphatic rings. The van der Waals surface area contributed by atoms with Crippen molar-refractivity contribution in [2.45, 2.75) is 25.0 Å². The van der Waals surface area contributed by atoms with Gasteiger partial charge in [-0.2, -0.15) is 0 Å². The highest BCUT2D eigenvalue weighted by Crippen LogP contribution is 2.33. The molecule has 0 amide bonds. The summed E-state index contributed by atoms with van der Waals surface area (Å²) in [6.45, 7) is 4.02. The van der Waals surface area contributed by atoms with E-state index < -0.39 is 6.10 Å². The lowest BCUT2D eigenvalue weighted by Crippen LogP contribution is -2.40. The quantitative estimate of drug-likeness (QED) is 0.857. The predicted molar refractivity (Wildman–Crippen MR) is 76.0 cm³/mol. The van der Waals surface area contributed by atoms with Crippen molar-refractivity contribution < 1.29 is 14.6 Å². The number of nitrogens with two attached hydrogens (primary N) is 1. The molecule has 0 saturated carbocycles. The molecule has 0 aromatic heterocycles. The molecule has 2 heterocycles. The number of fused-ring (bicyclic) bond motifs is 1. The first-order valence-corrected chi connectivity index (χ1v) is 7.29. The number of likely N-dealkylation sites (tertiary alicyclic amines) is 1. The second kappa shape index (κ2) is 5.99. The Balaban J connectivity index is 1.67. The molecule has 2 atom stereocenters. The molecule has 1 fully saturated rings. The van der Waals surface area contributed by atoms with E-state index in [0.29, 0.717) is 19.0 Å². The van der Waals surface area contributed by atoms with E-state index in [1.54, 1.807) is 0 Å². The zero-order chi connectivity index (χ0) is 13.9. The van der Waals surface area contributed by atoms with Crippen molar-refractivity contribution in [2.75, 3.05) is 32.8 Å². The van der Waals surface area contributed by atoms with Gasteiger partial charge in [-0.3, -0.25) is 0 Å². The van der Waals surface area contributed by atoms with Crippen molar-refractivity contribution in [3.8, 4) is 11.5 Å². The first kappa shape index (κ1) is 13.7. The van der Waals surface area contributed by atoms with Gasteiger partial charge in [0, 0.05) is 12.6 Å². The van der Waals surface area contributed by atoms with Gasteiger partial charge in [0.15, 0.2) is 11.5 Å². The maximum atomic E-state index is 10.4. The largest absolute Gasteiger partial charge is 0.486 e. The molecule has 0 aliphatic carbocycles. The number of aliphatic hydroxyl groups excluding tert-OH is 1. The monoisotopic (exact) mass is 278 g/mol. The molecule has 1 saturated heterocycles. The van der Waals surface area contributed by atoms with E-state index in [2.05, 4.69) is 4.90 Å². The average molecular weight is 278 g/mol. The van der Waals surface area contributed by atoms with E-state index in [1.165, 1.54) is 12.8 Å². The molecule has 0 radical (unpaired) electrons. The summed E-state index contributed by atoms with van der Waals surface area (Å²) >= 11 is 0. The Labute approximate surface area is 119 Å². The van der Waals surface area contributed by atoms with Crippen molar-refractivity contribution in [1.82, 2.24) is 4.90 Å². The number of hydrogen-bond acceptors (Lipinski definition) is 5. The minimum atomic E-state index is -0.675. The highest BCUT2D eigenvalue weighted by molar-refractivity contribution is 5.44. The number of ether oxygens (including phenoxy) is 2. The van der Waals surface area contributed by atoms with Gasteiger partial charge in [0.2, 0.25) is 0 Å². The van der Waals surface area contributed by atoms with Gasteiger partial charge >= 0.3 is 0 Å². The van der Waals surface area contributed by atoms with Gasteiger partial charge in [-0.25, -0.2) is 0 Å². The Hall–Kier alpha value is -1.30. The lowest BCUT2D eigenvalue weighted by molar-refractivity contribution is 0.124. The number of hydrogen-bond donors (Lipinski definition) is 2. The Morgan fingerprint density at radius 2 is 1.85 bits per heavy atom. The van der Waals surface area contributed by atoms with Gasteiger partial charge in [-0.15, -0.1) is 0 Å². The Kier molecular flexibility index (Phi) is 4.10. The highest BCUT2D eigenvalue weighted by Gasteiger charge is 2.23. The molecule has 0 bridgehead atoms. The summed E-state index contributed by atoms with van der Waals surface area (Å²) in [7, 11) is 0. The van der Waals surface area contributed by atoms with Gasteiger partial charge in [-0.05, 0) is 43.6 Å². The smallest absolute Gasteiger partial charge is 0.161 e. The van der Waals surface area contributed by atoms with Crippen LogP contribution in [-0.2, 0) is 0 Å². The van der Waals surface area contributed by atoms with Crippen LogP contribution >= 0.6 is 0 Å². The third kappa shape index (κ3) is 2.90. The van der Waals surface area contributed by atoms with E-state index >= 15 is 0 Å². The molecular weight excluding hydrogens is 256 g/mol. The van der Waals surface area contributed by atoms with Gasteiger partial charge in [0.1, 0.15) is 13.2 Å². The van der Waals surface area contributed by atoms with Crippen LogP contribution in [0.25, 0.3) is 0 Å². The third-order valence-corrected chi connectivity index (χ3v) is 3.98. The minimum Gasteiger partial charge on any atom is -0.486 e. The lowest BCUT2D eigenvalue weighted by atomic mass is 10.0. The van der Waals surface area contributed by atoms with Crippen molar-refractivity contribution in [2.24, 2.45) is 5.73 Å². The molecule has 1 aromatic rings. The molecule has 20 heavy (non-hydrogen) atoms. The first-order valence-electron chi connectivity index (χ1n) is 7.29. The van der Waals surface area contributed by atoms with Crippen molar-refractivity contribution in [3.63, 3.8) is 0 Å². The molecule has 110 valence electrons. The summed E-state index contributed by atoms with van der Waals surface area (Å²) < 4.78 is 11.0. The van der Waals surface area contributed by atoms with Crippen molar-refractivity contribution >= 4 is 0 Å². The van der Waals surface area contributed by atoms with Crippen LogP contribution in [0.15, 0.2) is 18.2 Å². The molecule has 3 rings (SSSR count). The van der Waals surface area contributed by atoms with Crippen LogP contribution in [-0.4, -0.2) is 48.9 Å². The standard InChI is InChI=1S/C15H22N2O3/c16-12(10-17-5-1-2-6-17)15(18)11-3-4-13-14(9-11)20-8-7-19-13/h3-4,9,12,15,18H,1-2,5-8,10,16H2/t12-,15-/m0/s1. The van der Waals surface area contributed by atoms with Crippen LogP contribution in [0.1, 0.15) is 24.5 Å². The lowest BCUT2D eigenvalue weighted by Gasteiger charge is -2.26. The maximum Gasteiger partial charge on any atom is 0.161 e. The summed E-state index contributed by atoms with van der Waals surface area (Å²) in [5.74, 6) is 1.43. The normalized spacial score (nSPS) is 21.7. The Morgan fingerprint density at radius 3 is 2.60 bits per heavy atom. The van der Waals surface area contributed by atoms with Gasteiger partial charge < -0.3 is 25.2 Å². The summed E-state index contributed by atoms with van der Waals surface area (Å²) in [6, 6.07) is 5.26. The summed E-state index contributed by atoms with van der Waals surface area (Å²) in [5, 5.41) is 10.4. The van der Waals surface area contributed by atoms with Crippen LogP contribution in [0.4, 0.5) is 0 Å².